The molecule has 0 spiro atoms. The van der Waals surface area contributed by atoms with E-state index in [4.69, 9.17) is 5.11 Å². The standard InChI is InChI=1S/C9H10FN4O2.Tl/c10-9-12-8(11)7-2-1-5(14(7)13-9)3-6(16)4-15;/h1-2,6,15-16H,3-4H2,(H-,11,12,13);/q-1;+1. The normalized spacial score (nSPS) is 12.8. The molecule has 0 radical (unpaired) electrons. The summed E-state index contributed by atoms with van der Waals surface area (Å²) in [7, 11) is 0. The van der Waals surface area contributed by atoms with E-state index in [1.54, 1.807) is 12.1 Å². The molecule has 88 valence electrons. The van der Waals surface area contributed by atoms with Gasteiger partial charge in [0.2, 0.25) is 0 Å². The summed E-state index contributed by atoms with van der Waals surface area (Å²) in [6, 6.07) is 3.48. The maximum absolute atomic E-state index is 13.2. The first-order chi connectivity index (χ1) is 8.15. The molecule has 0 amide bonds. The monoisotopic (exact) mass is 430 g/mol. The summed E-state index contributed by atoms with van der Waals surface area (Å²) in [5.41, 5.74) is 1.29. The van der Waals surface area contributed by atoms with E-state index >= 15 is 0 Å². The fourth-order valence-corrected chi connectivity index (χ4v) is 2.42. The number of anilines is 1. The third-order valence-electron chi connectivity index (χ3n) is 2.36. The summed E-state index contributed by atoms with van der Waals surface area (Å²) in [5.74, 6) is 0.451. The van der Waals surface area contributed by atoms with Gasteiger partial charge in [-0.25, -0.2) is 0 Å². The van der Waals surface area contributed by atoms with Crippen LogP contribution in [0.5, 0.6) is 0 Å². The zero-order valence-electron chi connectivity index (χ0n) is 8.84. The molecule has 0 saturated heterocycles. The number of hydrogen-bond acceptors (Lipinski definition) is 5. The van der Waals surface area contributed by atoms with E-state index in [-0.39, 0.29) is 13.0 Å². The van der Waals surface area contributed by atoms with Crippen molar-refractivity contribution in [3.63, 3.8) is 0 Å². The van der Waals surface area contributed by atoms with Crippen LogP contribution in [0.1, 0.15) is 5.69 Å². The molecule has 0 fully saturated rings. The number of fused-ring (bicyclic) bond motifs is 1. The van der Waals surface area contributed by atoms with Gasteiger partial charge in [0, 0.05) is 0 Å². The van der Waals surface area contributed by atoms with Crippen LogP contribution in [0.25, 0.3) is 5.52 Å². The number of halogens is 1. The molecule has 2 aromatic heterocycles. The van der Waals surface area contributed by atoms with Crippen LogP contribution in [0.3, 0.4) is 0 Å². The van der Waals surface area contributed by atoms with Gasteiger partial charge in [-0.1, -0.05) is 0 Å². The van der Waals surface area contributed by atoms with Gasteiger partial charge >= 0.3 is 113 Å². The molecule has 2 aromatic rings. The van der Waals surface area contributed by atoms with Gasteiger partial charge < -0.3 is 0 Å². The molecular weight excluding hydrogens is 420 g/mol. The Morgan fingerprint density at radius 2 is 2.29 bits per heavy atom. The summed E-state index contributed by atoms with van der Waals surface area (Å²) in [6.07, 6.45) is -1.48. The zero-order chi connectivity index (χ0) is 12.4. The molecule has 1 unspecified atom stereocenters. The Balaban J connectivity index is 2.48. The topological polar surface area (TPSA) is 82.7 Å². The number of nitrogens with zero attached hydrogens (tertiary/aromatic N) is 3. The van der Waals surface area contributed by atoms with Crippen LogP contribution >= 0.6 is 0 Å². The Labute approximate surface area is 113 Å². The SMILES string of the molecule is OCC(O)Cc1ccc2c([NH][Tl])nc(F)nn12. The first kappa shape index (κ1) is 12.6. The van der Waals surface area contributed by atoms with E-state index in [2.05, 4.69) is 13.2 Å². The van der Waals surface area contributed by atoms with Crippen LogP contribution in [0.4, 0.5) is 10.2 Å². The number of hydrogen-bond donors (Lipinski definition) is 3. The molecule has 0 aliphatic carbocycles. The van der Waals surface area contributed by atoms with Gasteiger partial charge in [-0.15, -0.1) is 0 Å². The summed E-state index contributed by atoms with van der Waals surface area (Å²) in [4.78, 5) is 3.65. The van der Waals surface area contributed by atoms with Crippen molar-refractivity contribution in [2.24, 2.45) is 0 Å². The van der Waals surface area contributed by atoms with Crippen LogP contribution < -0.4 is 3.13 Å². The van der Waals surface area contributed by atoms with Gasteiger partial charge in [0.25, 0.3) is 0 Å². The van der Waals surface area contributed by atoms with Crippen LogP contribution in [-0.4, -0.2) is 63.6 Å². The van der Waals surface area contributed by atoms with Gasteiger partial charge in [-0.05, 0) is 0 Å². The Kier molecular flexibility index (Phi) is 3.89. The molecular formula is C9H10FN4O2Tl. The van der Waals surface area contributed by atoms with Crippen LogP contribution in [0, 0.1) is 6.08 Å². The van der Waals surface area contributed by atoms with Gasteiger partial charge in [0.1, 0.15) is 0 Å². The molecule has 0 bridgehead atoms. The van der Waals surface area contributed by atoms with E-state index in [1.165, 1.54) is 4.52 Å². The van der Waals surface area contributed by atoms with Crippen molar-refractivity contribution in [2.45, 2.75) is 12.5 Å². The molecule has 2 rings (SSSR count). The quantitative estimate of drug-likeness (QED) is 0.558. The molecule has 0 aromatic carbocycles. The minimum absolute atomic E-state index is 0.212. The second-order valence-corrected chi connectivity index (χ2v) is 4.66. The predicted octanol–water partition coefficient (Wildman–Crippen LogP) is -0.741. The van der Waals surface area contributed by atoms with E-state index < -0.39 is 12.2 Å². The molecule has 0 aliphatic rings. The van der Waals surface area contributed by atoms with Crippen LogP contribution in [0.15, 0.2) is 12.1 Å². The van der Waals surface area contributed by atoms with Gasteiger partial charge in [0.15, 0.2) is 0 Å². The fourth-order valence-electron chi connectivity index (χ4n) is 1.59. The molecule has 3 N–H and O–H groups in total. The average Bonchev–Trinajstić information content (AvgIpc) is 2.71. The summed E-state index contributed by atoms with van der Waals surface area (Å²) in [5, 5.41) is 21.8. The van der Waals surface area contributed by atoms with Gasteiger partial charge in [0.05, 0.1) is 0 Å². The second-order valence-electron chi connectivity index (χ2n) is 3.54. The summed E-state index contributed by atoms with van der Waals surface area (Å²) in [6.45, 7) is -0.339. The minimum atomic E-state index is -0.875. The van der Waals surface area contributed by atoms with Crippen LogP contribution in [0.2, 0.25) is 0 Å². The molecule has 2 heterocycles. The van der Waals surface area contributed by atoms with Gasteiger partial charge in [-0.3, -0.25) is 0 Å². The number of aliphatic hydroxyl groups is 2. The zero-order valence-corrected chi connectivity index (χ0v) is 13.3. The third-order valence-corrected chi connectivity index (χ3v) is 3.42. The molecule has 17 heavy (non-hydrogen) atoms. The van der Waals surface area contributed by atoms with Crippen molar-refractivity contribution in [3.8, 4) is 0 Å². The number of aliphatic hydroxyl groups excluding tert-OH is 2. The Hall–Kier alpha value is -0.808. The van der Waals surface area contributed by atoms with Gasteiger partial charge in [-0.2, -0.15) is 0 Å². The molecule has 1 atom stereocenters. The number of rotatable bonds is 4. The number of nitrogens with one attached hydrogen (secondary N) is 1. The van der Waals surface area contributed by atoms with Crippen LogP contribution in [-0.2, 0) is 6.42 Å². The van der Waals surface area contributed by atoms with E-state index in [0.29, 0.717) is 43.1 Å². The van der Waals surface area contributed by atoms with Crippen molar-refractivity contribution in [1.82, 2.24) is 14.6 Å². The Morgan fingerprint density at radius 1 is 1.53 bits per heavy atom. The van der Waals surface area contributed by atoms with Crippen molar-refractivity contribution in [3.05, 3.63) is 23.9 Å². The summed E-state index contributed by atoms with van der Waals surface area (Å²) >= 11 is 0.444. The second kappa shape index (κ2) is 5.23. The van der Waals surface area contributed by atoms with E-state index in [1.807, 2.05) is 0 Å². The van der Waals surface area contributed by atoms with Crippen molar-refractivity contribution in [2.75, 3.05) is 9.73 Å². The van der Waals surface area contributed by atoms with Crippen molar-refractivity contribution < 1.29 is 14.6 Å². The molecule has 8 heteroatoms. The first-order valence-corrected chi connectivity index (χ1v) is 7.20. The molecule has 0 saturated carbocycles. The van der Waals surface area contributed by atoms with Crippen molar-refractivity contribution >= 4 is 37.4 Å². The predicted molar refractivity (Wildman–Crippen MR) is 59.1 cm³/mol. The Morgan fingerprint density at radius 3 is 2.94 bits per heavy atom. The molecule has 0 aliphatic heterocycles. The Bertz CT molecular complexity index is 533. The summed E-state index contributed by atoms with van der Waals surface area (Å²) < 4.78 is 17.5. The fraction of sp³-hybridized carbons (Fsp3) is 0.333. The average molecular weight is 430 g/mol. The van der Waals surface area contributed by atoms with E-state index in [0.717, 1.165) is 0 Å². The first-order valence-electron chi connectivity index (χ1n) is 4.95. The maximum atomic E-state index is 13.2. The number of aromatic nitrogens is 3. The van der Waals surface area contributed by atoms with E-state index in [9.17, 15) is 9.50 Å². The molecule has 6 nitrogen and oxygen atoms in total. The third kappa shape index (κ3) is 2.55. The van der Waals surface area contributed by atoms with Crippen molar-refractivity contribution in [1.29, 1.82) is 0 Å².